The predicted octanol–water partition coefficient (Wildman–Crippen LogP) is 11.7. The van der Waals surface area contributed by atoms with Crippen LogP contribution in [0.3, 0.4) is 0 Å². The Morgan fingerprint density at radius 1 is 0.292 bits per heavy atom. The highest BCUT2D eigenvalue weighted by molar-refractivity contribution is 6.28. The van der Waals surface area contributed by atoms with Gasteiger partial charge in [-0.25, -0.2) is 4.39 Å². The maximum Gasteiger partial charge on any atom is 0.123 e. The largest absolute Gasteiger partial charge is 0.309 e. The lowest BCUT2D eigenvalue weighted by molar-refractivity contribution is 0.627. The second kappa shape index (κ2) is 9.34. The van der Waals surface area contributed by atoms with Gasteiger partial charge in [0.05, 0.1) is 44.5 Å². The Bertz CT molecular complexity index is 2770. The van der Waals surface area contributed by atoms with Gasteiger partial charge in [0.1, 0.15) is 5.82 Å². The summed E-state index contributed by atoms with van der Waals surface area (Å²) in [6.07, 6.45) is 0. The van der Waals surface area contributed by atoms with Crippen molar-refractivity contribution in [1.82, 2.24) is 13.7 Å². The van der Waals surface area contributed by atoms with E-state index in [0.29, 0.717) is 0 Å². The first kappa shape index (κ1) is 25.8. The van der Waals surface area contributed by atoms with Gasteiger partial charge in [-0.15, -0.1) is 0 Å². The molecule has 224 valence electrons. The second-order valence-electron chi connectivity index (χ2n) is 12.7. The number of fused-ring (bicyclic) bond motifs is 6. The van der Waals surface area contributed by atoms with Gasteiger partial charge in [-0.2, -0.15) is 0 Å². The number of halogens is 1. The first-order valence-corrected chi connectivity index (χ1v) is 16.3. The van der Waals surface area contributed by atoms with Crippen molar-refractivity contribution < 1.29 is 4.39 Å². The minimum atomic E-state index is -0.242. The van der Waals surface area contributed by atoms with Crippen molar-refractivity contribution in [3.8, 4) is 17.1 Å². The molecule has 8 aromatic carbocycles. The molecule has 11 aromatic rings. The zero-order valence-electron chi connectivity index (χ0n) is 25.7. The maximum absolute atomic E-state index is 14.2. The van der Waals surface area contributed by atoms with E-state index < -0.39 is 0 Å². The van der Waals surface area contributed by atoms with E-state index in [1.165, 1.54) is 65.2 Å². The van der Waals surface area contributed by atoms with Crippen LogP contribution in [-0.2, 0) is 0 Å². The maximum atomic E-state index is 14.2. The summed E-state index contributed by atoms with van der Waals surface area (Å²) in [5, 5.41) is 9.72. The van der Waals surface area contributed by atoms with Gasteiger partial charge < -0.3 is 13.7 Å². The van der Waals surface area contributed by atoms with Gasteiger partial charge in [-0.1, -0.05) is 84.9 Å². The number of hydrogen-bond donors (Lipinski definition) is 0. The molecule has 4 heteroatoms. The summed E-state index contributed by atoms with van der Waals surface area (Å²) < 4.78 is 21.3. The average molecular weight is 616 g/mol. The monoisotopic (exact) mass is 615 g/mol. The van der Waals surface area contributed by atoms with E-state index in [-0.39, 0.29) is 5.82 Å². The summed E-state index contributed by atoms with van der Waals surface area (Å²) in [4.78, 5) is 0. The van der Waals surface area contributed by atoms with Gasteiger partial charge >= 0.3 is 0 Å². The second-order valence-corrected chi connectivity index (χ2v) is 12.7. The fourth-order valence-corrected chi connectivity index (χ4v) is 8.35. The SMILES string of the molecule is Fc1ccc(-n2c3ccc(-n4c5ccccc5c5ccccc54)c4ccc5c(-n6c7ccccc7c7ccccc76)ccc2c5c43)cc1. The first-order valence-electron chi connectivity index (χ1n) is 16.3. The highest BCUT2D eigenvalue weighted by Gasteiger charge is 2.23. The lowest BCUT2D eigenvalue weighted by atomic mass is 9.99. The van der Waals surface area contributed by atoms with Crippen LogP contribution >= 0.6 is 0 Å². The fraction of sp³-hybridized carbons (Fsp3) is 0. The Morgan fingerprint density at radius 3 is 1.06 bits per heavy atom. The number of hydrogen-bond acceptors (Lipinski definition) is 0. The van der Waals surface area contributed by atoms with Crippen LogP contribution in [-0.4, -0.2) is 13.7 Å². The molecule has 0 aliphatic carbocycles. The first-order chi connectivity index (χ1) is 23.8. The van der Waals surface area contributed by atoms with Gasteiger partial charge in [-0.3, -0.25) is 0 Å². The van der Waals surface area contributed by atoms with E-state index in [1.807, 2.05) is 12.1 Å². The van der Waals surface area contributed by atoms with Gasteiger partial charge in [0, 0.05) is 48.8 Å². The molecule has 3 nitrogen and oxygen atoms in total. The minimum absolute atomic E-state index is 0.242. The number of rotatable bonds is 3. The Labute approximate surface area is 274 Å². The standard InChI is InChI=1S/C44H26FN3/c45-27-17-19-28(20-18-27)46-41-25-23-39(47-35-13-5-1-9-29(35)30-10-2-6-14-36(30)47)33-21-22-34-40(24-26-42(46)44(34)43(33)41)48-37-15-7-3-11-31(37)32-12-4-8-16-38(32)48/h1-26H. The molecule has 0 fully saturated rings. The predicted molar refractivity (Wildman–Crippen MR) is 198 cm³/mol. The van der Waals surface area contributed by atoms with Crippen molar-refractivity contribution in [3.63, 3.8) is 0 Å². The van der Waals surface area contributed by atoms with Crippen molar-refractivity contribution >= 4 is 76.2 Å². The summed E-state index contributed by atoms with van der Waals surface area (Å²) in [7, 11) is 0. The molecule has 0 spiro atoms. The minimum Gasteiger partial charge on any atom is -0.309 e. The van der Waals surface area contributed by atoms with E-state index in [2.05, 4.69) is 147 Å². The number of para-hydroxylation sites is 4. The lowest BCUT2D eigenvalue weighted by Gasteiger charge is -2.15. The van der Waals surface area contributed by atoms with Gasteiger partial charge in [0.15, 0.2) is 0 Å². The highest BCUT2D eigenvalue weighted by atomic mass is 19.1. The van der Waals surface area contributed by atoms with Crippen LogP contribution in [0.15, 0.2) is 158 Å². The van der Waals surface area contributed by atoms with Crippen LogP contribution in [0.5, 0.6) is 0 Å². The molecule has 0 aliphatic heterocycles. The molecule has 0 N–H and O–H groups in total. The Hall–Kier alpha value is -6.39. The van der Waals surface area contributed by atoms with Crippen LogP contribution in [0.25, 0.3) is 93.3 Å². The molecule has 3 heterocycles. The Kier molecular flexibility index (Phi) is 5.01. The van der Waals surface area contributed by atoms with Gasteiger partial charge in [-0.05, 0) is 72.8 Å². The van der Waals surface area contributed by atoms with Crippen LogP contribution in [0.1, 0.15) is 0 Å². The topological polar surface area (TPSA) is 14.8 Å². The summed E-state index contributed by atoms with van der Waals surface area (Å²) in [6, 6.07) is 55.1. The summed E-state index contributed by atoms with van der Waals surface area (Å²) >= 11 is 0. The third kappa shape index (κ3) is 3.26. The fourth-order valence-electron chi connectivity index (χ4n) is 8.35. The molecule has 0 unspecified atom stereocenters. The zero-order valence-corrected chi connectivity index (χ0v) is 25.7. The molecule has 0 saturated carbocycles. The van der Waals surface area contributed by atoms with Gasteiger partial charge in [0.2, 0.25) is 0 Å². The van der Waals surface area contributed by atoms with Crippen LogP contribution < -0.4 is 0 Å². The Morgan fingerprint density at radius 2 is 0.667 bits per heavy atom. The molecule has 11 rings (SSSR count). The third-order valence-corrected chi connectivity index (χ3v) is 10.3. The number of aromatic nitrogens is 3. The zero-order chi connectivity index (χ0) is 31.5. The molecule has 3 aromatic heterocycles. The Balaban J connectivity index is 1.31. The van der Waals surface area contributed by atoms with E-state index in [9.17, 15) is 4.39 Å². The molecule has 0 aliphatic rings. The highest BCUT2D eigenvalue weighted by Crippen LogP contribution is 2.45. The van der Waals surface area contributed by atoms with Crippen LogP contribution in [0.2, 0.25) is 0 Å². The molecule has 0 amide bonds. The van der Waals surface area contributed by atoms with Crippen LogP contribution in [0, 0.1) is 5.82 Å². The van der Waals surface area contributed by atoms with Crippen molar-refractivity contribution in [3.05, 3.63) is 164 Å². The molecule has 0 saturated heterocycles. The van der Waals surface area contributed by atoms with Crippen molar-refractivity contribution in [2.45, 2.75) is 0 Å². The molecule has 0 bridgehead atoms. The summed E-state index contributed by atoms with van der Waals surface area (Å²) in [6.45, 7) is 0. The van der Waals surface area contributed by atoms with E-state index in [4.69, 9.17) is 0 Å². The molecule has 48 heavy (non-hydrogen) atoms. The average Bonchev–Trinajstić information content (AvgIpc) is 3.78. The summed E-state index contributed by atoms with van der Waals surface area (Å²) in [5.41, 5.74) is 10.1. The normalized spacial score (nSPS) is 12.3. The van der Waals surface area contributed by atoms with E-state index >= 15 is 0 Å². The quantitative estimate of drug-likeness (QED) is 0.176. The molecular formula is C44H26FN3. The van der Waals surface area contributed by atoms with E-state index in [1.54, 1.807) is 12.1 Å². The van der Waals surface area contributed by atoms with Crippen LogP contribution in [0.4, 0.5) is 4.39 Å². The van der Waals surface area contributed by atoms with Gasteiger partial charge in [0.25, 0.3) is 0 Å². The lowest BCUT2D eigenvalue weighted by Crippen LogP contribution is -1.97. The van der Waals surface area contributed by atoms with Crippen molar-refractivity contribution in [2.24, 2.45) is 0 Å². The number of benzene rings is 8. The number of nitrogens with zero attached hydrogens (tertiary/aromatic N) is 3. The smallest absolute Gasteiger partial charge is 0.123 e. The molecule has 0 atom stereocenters. The molecule has 0 radical (unpaired) electrons. The van der Waals surface area contributed by atoms with Crippen molar-refractivity contribution in [1.29, 1.82) is 0 Å². The summed E-state index contributed by atoms with van der Waals surface area (Å²) in [5.74, 6) is -0.242. The van der Waals surface area contributed by atoms with E-state index in [0.717, 1.165) is 28.1 Å². The van der Waals surface area contributed by atoms with Crippen molar-refractivity contribution in [2.75, 3.05) is 0 Å². The molecular weight excluding hydrogens is 590 g/mol. The third-order valence-electron chi connectivity index (χ3n) is 10.3.